The molecule has 0 fully saturated rings. The average molecular weight is 359 g/mol. The normalized spacial score (nSPS) is 11.0. The van der Waals surface area contributed by atoms with Crippen LogP contribution in [0.4, 0.5) is 10.5 Å². The summed E-state index contributed by atoms with van der Waals surface area (Å²) in [6.07, 6.45) is 0.760. The summed E-state index contributed by atoms with van der Waals surface area (Å²) in [5.74, 6) is -0.364. The number of benzene rings is 1. The van der Waals surface area contributed by atoms with E-state index < -0.39 is 6.03 Å². The van der Waals surface area contributed by atoms with E-state index in [9.17, 15) is 9.59 Å². The highest BCUT2D eigenvalue weighted by Gasteiger charge is 2.17. The molecule has 1 aromatic carbocycles. The third-order valence-corrected chi connectivity index (χ3v) is 4.60. The van der Waals surface area contributed by atoms with Crippen molar-refractivity contribution in [1.82, 2.24) is 10.6 Å². The molecule has 0 spiro atoms. The molecular formula is C19H25N3O2S. The summed E-state index contributed by atoms with van der Waals surface area (Å²) in [7, 11) is 0. The minimum absolute atomic E-state index is 0.0285. The Hall–Kier alpha value is -2.34. The Morgan fingerprint density at radius 1 is 1.08 bits per heavy atom. The lowest BCUT2D eigenvalue weighted by atomic mass is 9.86. The molecule has 0 bridgehead atoms. The van der Waals surface area contributed by atoms with Crippen molar-refractivity contribution in [1.29, 1.82) is 0 Å². The zero-order valence-electron chi connectivity index (χ0n) is 14.9. The van der Waals surface area contributed by atoms with Crippen LogP contribution in [0.2, 0.25) is 0 Å². The van der Waals surface area contributed by atoms with E-state index >= 15 is 0 Å². The van der Waals surface area contributed by atoms with Crippen LogP contribution >= 0.6 is 11.3 Å². The number of carbonyl (C=O) groups excluding carboxylic acids is 2. The van der Waals surface area contributed by atoms with Crippen molar-refractivity contribution in [3.05, 3.63) is 52.2 Å². The van der Waals surface area contributed by atoms with Crippen LogP contribution in [0.1, 0.15) is 31.2 Å². The lowest BCUT2D eigenvalue weighted by Gasteiger charge is -2.23. The van der Waals surface area contributed by atoms with Crippen LogP contribution in [0.5, 0.6) is 0 Å². The van der Waals surface area contributed by atoms with Gasteiger partial charge < -0.3 is 10.6 Å². The Balaban J connectivity index is 1.76. The molecule has 0 saturated heterocycles. The number of anilines is 1. The quantitative estimate of drug-likeness (QED) is 0.739. The van der Waals surface area contributed by atoms with Crippen LogP contribution in [0.25, 0.3) is 0 Å². The molecule has 6 heteroatoms. The molecule has 25 heavy (non-hydrogen) atoms. The number of rotatable bonds is 6. The molecule has 1 aromatic heterocycles. The fourth-order valence-corrected chi connectivity index (χ4v) is 3.14. The summed E-state index contributed by atoms with van der Waals surface area (Å²) >= 11 is 1.65. The predicted molar refractivity (Wildman–Crippen MR) is 103 cm³/mol. The summed E-state index contributed by atoms with van der Waals surface area (Å²) in [6, 6.07) is 11.4. The molecule has 0 atom stereocenters. The molecule has 1 heterocycles. The Morgan fingerprint density at radius 3 is 2.52 bits per heavy atom. The second-order valence-corrected chi connectivity index (χ2v) is 7.81. The number of nitrogens with one attached hydrogen (secondary N) is 3. The maximum Gasteiger partial charge on any atom is 0.321 e. The zero-order valence-corrected chi connectivity index (χ0v) is 15.7. The van der Waals surface area contributed by atoms with Crippen LogP contribution in [-0.2, 0) is 16.6 Å². The molecule has 2 rings (SSSR count). The van der Waals surface area contributed by atoms with Gasteiger partial charge in [-0.2, -0.15) is 0 Å². The smallest absolute Gasteiger partial charge is 0.321 e. The van der Waals surface area contributed by atoms with Gasteiger partial charge in [0.15, 0.2) is 0 Å². The molecule has 0 aliphatic heterocycles. The number of urea groups is 1. The van der Waals surface area contributed by atoms with Gasteiger partial charge in [0, 0.05) is 17.1 Å². The number of carbonyl (C=O) groups is 2. The fourth-order valence-electron chi connectivity index (χ4n) is 2.44. The van der Waals surface area contributed by atoms with Crippen molar-refractivity contribution >= 4 is 29.0 Å². The highest BCUT2D eigenvalue weighted by Crippen LogP contribution is 2.28. The highest BCUT2D eigenvalue weighted by molar-refractivity contribution is 7.09. The van der Waals surface area contributed by atoms with Gasteiger partial charge in [-0.15, -0.1) is 11.3 Å². The van der Waals surface area contributed by atoms with Gasteiger partial charge in [0.25, 0.3) is 0 Å². The summed E-state index contributed by atoms with van der Waals surface area (Å²) in [5, 5.41) is 10.1. The maximum atomic E-state index is 11.9. The van der Waals surface area contributed by atoms with Crippen molar-refractivity contribution in [2.75, 3.05) is 18.4 Å². The Labute approximate surface area is 152 Å². The molecule has 3 N–H and O–H groups in total. The van der Waals surface area contributed by atoms with Gasteiger partial charge in [0.1, 0.15) is 0 Å². The third kappa shape index (κ3) is 6.23. The molecule has 0 aliphatic rings. The van der Waals surface area contributed by atoms with Crippen molar-refractivity contribution in [2.24, 2.45) is 0 Å². The summed E-state index contributed by atoms with van der Waals surface area (Å²) in [4.78, 5) is 24.9. The fraction of sp³-hybridized carbons (Fsp3) is 0.368. The molecule has 134 valence electrons. The molecule has 2 aromatic rings. The number of hydrogen-bond donors (Lipinski definition) is 3. The first kappa shape index (κ1) is 19.0. The van der Waals surface area contributed by atoms with Gasteiger partial charge in [-0.1, -0.05) is 45.0 Å². The van der Waals surface area contributed by atoms with Crippen LogP contribution in [-0.4, -0.2) is 25.0 Å². The highest BCUT2D eigenvalue weighted by atomic mass is 32.1. The number of amides is 3. The molecule has 0 aliphatic carbocycles. The van der Waals surface area contributed by atoms with E-state index in [-0.39, 0.29) is 17.9 Å². The van der Waals surface area contributed by atoms with Gasteiger partial charge in [0.2, 0.25) is 5.91 Å². The van der Waals surface area contributed by atoms with Gasteiger partial charge in [0.05, 0.1) is 6.54 Å². The van der Waals surface area contributed by atoms with Gasteiger partial charge in [-0.3, -0.25) is 10.1 Å². The topological polar surface area (TPSA) is 70.2 Å². The van der Waals surface area contributed by atoms with Gasteiger partial charge in [-0.05, 0) is 34.9 Å². The Morgan fingerprint density at radius 2 is 1.84 bits per heavy atom. The van der Waals surface area contributed by atoms with Gasteiger partial charge >= 0.3 is 6.03 Å². The predicted octanol–water partition coefficient (Wildman–Crippen LogP) is 3.53. The summed E-state index contributed by atoms with van der Waals surface area (Å²) in [5.41, 5.74) is 2.01. The third-order valence-electron chi connectivity index (χ3n) is 3.66. The summed E-state index contributed by atoms with van der Waals surface area (Å²) in [6.45, 7) is 6.91. The Kier molecular flexibility index (Phi) is 6.58. The van der Waals surface area contributed by atoms with Crippen molar-refractivity contribution in [2.45, 2.75) is 32.6 Å². The number of imide groups is 1. The van der Waals surface area contributed by atoms with E-state index in [0.29, 0.717) is 6.54 Å². The molecule has 3 amide bonds. The second kappa shape index (κ2) is 8.67. The minimum Gasteiger partial charge on any atom is -0.376 e. The van der Waals surface area contributed by atoms with E-state index in [2.05, 4.69) is 36.7 Å². The molecule has 0 radical (unpaired) electrons. The molecular weight excluding hydrogens is 334 g/mol. The molecule has 0 saturated carbocycles. The van der Waals surface area contributed by atoms with Crippen LogP contribution in [0, 0.1) is 0 Å². The van der Waals surface area contributed by atoms with Gasteiger partial charge in [-0.25, -0.2) is 4.79 Å². The van der Waals surface area contributed by atoms with E-state index in [0.717, 1.165) is 17.7 Å². The minimum atomic E-state index is -0.465. The maximum absolute atomic E-state index is 11.9. The first-order chi connectivity index (χ1) is 11.9. The number of hydrogen-bond acceptors (Lipinski definition) is 4. The van der Waals surface area contributed by atoms with Crippen molar-refractivity contribution in [3.63, 3.8) is 0 Å². The monoisotopic (exact) mass is 359 g/mol. The van der Waals surface area contributed by atoms with Crippen LogP contribution in [0.3, 0.4) is 0 Å². The molecule has 5 nitrogen and oxygen atoms in total. The van der Waals surface area contributed by atoms with E-state index in [1.54, 1.807) is 11.3 Å². The molecule has 0 unspecified atom stereocenters. The zero-order chi connectivity index (χ0) is 18.3. The van der Waals surface area contributed by atoms with Crippen molar-refractivity contribution in [3.8, 4) is 0 Å². The van der Waals surface area contributed by atoms with Crippen LogP contribution in [0.15, 0.2) is 41.8 Å². The summed E-state index contributed by atoms with van der Waals surface area (Å²) < 4.78 is 0. The Bertz CT molecular complexity index is 706. The first-order valence-corrected chi connectivity index (χ1v) is 9.17. The van der Waals surface area contributed by atoms with E-state index in [4.69, 9.17) is 0 Å². The van der Waals surface area contributed by atoms with Crippen molar-refractivity contribution < 1.29 is 9.59 Å². The number of para-hydroxylation sites is 1. The first-order valence-electron chi connectivity index (χ1n) is 8.29. The van der Waals surface area contributed by atoms with Crippen LogP contribution < -0.4 is 16.0 Å². The largest absolute Gasteiger partial charge is 0.376 e. The lowest BCUT2D eigenvalue weighted by Crippen LogP contribution is -2.42. The lowest BCUT2D eigenvalue weighted by molar-refractivity contribution is -0.118. The average Bonchev–Trinajstić information content (AvgIpc) is 3.05. The second-order valence-electron chi connectivity index (χ2n) is 6.78. The van der Waals surface area contributed by atoms with E-state index in [1.807, 2.05) is 41.8 Å². The number of thiophene rings is 1. The standard InChI is InChI=1S/C19H25N3O2S/c1-19(2,3)15-8-4-5-9-16(15)21-13-17(23)22-18(24)20-11-10-14-7-6-12-25-14/h4-9,12,21H,10-11,13H2,1-3H3,(H2,20,22,23,24). The SMILES string of the molecule is CC(C)(C)c1ccccc1NCC(=O)NC(=O)NCCc1cccs1. The van der Waals surface area contributed by atoms with E-state index in [1.165, 1.54) is 4.88 Å².